The number of carbonyl (C=O) groups excluding carboxylic acids is 2. The third kappa shape index (κ3) is 1.84. The van der Waals surface area contributed by atoms with Crippen LogP contribution < -0.4 is 0 Å². The molecule has 0 amide bonds. The molecule has 0 aromatic carbocycles. The molecule has 3 heteroatoms. The van der Waals surface area contributed by atoms with Crippen molar-refractivity contribution < 1.29 is 9.59 Å². The lowest BCUT2D eigenvalue weighted by atomic mass is 10.1. The van der Waals surface area contributed by atoms with E-state index >= 15 is 0 Å². The maximum Gasteiger partial charge on any atom is 0.273 e. The van der Waals surface area contributed by atoms with Gasteiger partial charge >= 0.3 is 0 Å². The van der Waals surface area contributed by atoms with Gasteiger partial charge in [-0.05, 0) is 18.6 Å². The minimum Gasteiger partial charge on any atom is -0.289 e. The van der Waals surface area contributed by atoms with Crippen LogP contribution in [-0.2, 0) is 9.59 Å². The largest absolute Gasteiger partial charge is 0.289 e. The summed E-state index contributed by atoms with van der Waals surface area (Å²) in [4.78, 5) is 20.6. The zero-order valence-electron chi connectivity index (χ0n) is 5.63. The highest BCUT2D eigenvalue weighted by molar-refractivity contribution is 8.00. The first-order chi connectivity index (χ1) is 4.84. The molecule has 55 valence electrons. The van der Waals surface area contributed by atoms with E-state index in [1.54, 1.807) is 11.8 Å². The first-order valence-electron chi connectivity index (χ1n) is 3.38. The maximum absolute atomic E-state index is 10.7. The minimum atomic E-state index is -0.357. The van der Waals surface area contributed by atoms with Crippen LogP contribution in [0.15, 0.2) is 0 Å². The average Bonchev–Trinajstić information content (AvgIpc) is 2.05. The van der Waals surface area contributed by atoms with Crippen LogP contribution in [-0.4, -0.2) is 23.1 Å². The van der Waals surface area contributed by atoms with Crippen LogP contribution in [0.2, 0.25) is 0 Å². The van der Waals surface area contributed by atoms with Crippen LogP contribution in [0, 0.1) is 0 Å². The van der Waals surface area contributed by atoms with E-state index in [1.165, 1.54) is 12.7 Å². The molecule has 0 aromatic heterocycles. The lowest BCUT2D eigenvalue weighted by Crippen LogP contribution is -2.21. The highest BCUT2D eigenvalue weighted by Gasteiger charge is 2.21. The predicted octanol–water partition coefficient (Wildman–Crippen LogP) is 0.951. The van der Waals surface area contributed by atoms with Crippen molar-refractivity contribution in [3.63, 3.8) is 0 Å². The molecule has 1 fully saturated rings. The number of ketones is 1. The highest BCUT2D eigenvalue weighted by Crippen LogP contribution is 2.24. The molecule has 2 nitrogen and oxygen atoms in total. The van der Waals surface area contributed by atoms with Gasteiger partial charge < -0.3 is 0 Å². The van der Waals surface area contributed by atoms with E-state index in [0.717, 1.165) is 18.6 Å². The zero-order chi connectivity index (χ0) is 7.40. The summed E-state index contributed by atoms with van der Waals surface area (Å²) in [7, 11) is 0. The van der Waals surface area contributed by atoms with E-state index in [0.29, 0.717) is 0 Å². The summed E-state index contributed by atoms with van der Waals surface area (Å²) in [6.45, 7) is 0. The van der Waals surface area contributed by atoms with E-state index < -0.39 is 0 Å². The first-order valence-corrected chi connectivity index (χ1v) is 4.43. The van der Waals surface area contributed by atoms with Gasteiger partial charge in [0.15, 0.2) is 0 Å². The topological polar surface area (TPSA) is 34.1 Å². The molecule has 1 radical (unpaired) electrons. The number of Topliss-reactive ketones (excluding diaryl/α,β-unsaturated/α-hetero) is 1. The van der Waals surface area contributed by atoms with Crippen molar-refractivity contribution in [3.05, 3.63) is 0 Å². The van der Waals surface area contributed by atoms with Gasteiger partial charge in [-0.15, -0.1) is 0 Å². The number of rotatable bonds is 2. The van der Waals surface area contributed by atoms with Crippen molar-refractivity contribution >= 4 is 23.8 Å². The summed E-state index contributed by atoms with van der Waals surface area (Å²) in [6.07, 6.45) is 4.53. The Kier molecular flexibility index (Phi) is 2.93. The number of hydrogen-bond donors (Lipinski definition) is 0. The minimum absolute atomic E-state index is 0.0775. The molecule has 1 unspecified atom stereocenters. The fourth-order valence-corrected chi connectivity index (χ4v) is 2.20. The van der Waals surface area contributed by atoms with Crippen molar-refractivity contribution in [3.8, 4) is 0 Å². The second-order valence-corrected chi connectivity index (χ2v) is 3.63. The quantitative estimate of drug-likeness (QED) is 0.560. The van der Waals surface area contributed by atoms with Crippen LogP contribution in [0.1, 0.15) is 19.3 Å². The second kappa shape index (κ2) is 3.76. The third-order valence-electron chi connectivity index (χ3n) is 1.57. The summed E-state index contributed by atoms with van der Waals surface area (Å²) in [5.41, 5.74) is 0. The standard InChI is InChI=1S/C7H9O2S/c8-5-6(9)7-3-1-2-4-10-7/h7H,1-4H2. The predicted molar refractivity (Wildman–Crippen MR) is 40.8 cm³/mol. The lowest BCUT2D eigenvalue weighted by Gasteiger charge is -2.16. The van der Waals surface area contributed by atoms with Gasteiger partial charge in [0.2, 0.25) is 5.78 Å². The van der Waals surface area contributed by atoms with Crippen molar-refractivity contribution in [2.75, 3.05) is 5.75 Å². The number of thioether (sulfide) groups is 1. The fraction of sp³-hybridized carbons (Fsp3) is 0.714. The molecule has 0 spiro atoms. The number of carbonyl (C=O) groups is 1. The Hall–Kier alpha value is -0.310. The Labute approximate surface area is 64.4 Å². The molecule has 1 heterocycles. The summed E-state index contributed by atoms with van der Waals surface area (Å²) in [5.74, 6) is 0.655. The van der Waals surface area contributed by atoms with Gasteiger partial charge in [0.05, 0.1) is 5.25 Å². The van der Waals surface area contributed by atoms with E-state index in [9.17, 15) is 9.59 Å². The molecule has 0 N–H and O–H groups in total. The Morgan fingerprint density at radius 3 is 2.80 bits per heavy atom. The van der Waals surface area contributed by atoms with E-state index in [2.05, 4.69) is 0 Å². The molecular formula is C7H9O2S. The van der Waals surface area contributed by atoms with E-state index in [4.69, 9.17) is 0 Å². The molecule has 0 bridgehead atoms. The van der Waals surface area contributed by atoms with E-state index in [1.807, 2.05) is 0 Å². The molecular weight excluding hydrogens is 148 g/mol. The monoisotopic (exact) mass is 157 g/mol. The lowest BCUT2D eigenvalue weighted by molar-refractivity contribution is -0.112. The van der Waals surface area contributed by atoms with Gasteiger partial charge in [-0.25, -0.2) is 0 Å². The molecule has 1 atom stereocenters. The van der Waals surface area contributed by atoms with Crippen LogP contribution in [0.4, 0.5) is 0 Å². The Morgan fingerprint density at radius 2 is 2.30 bits per heavy atom. The molecule has 1 aliphatic rings. The van der Waals surface area contributed by atoms with Crippen LogP contribution in [0.5, 0.6) is 0 Å². The summed E-state index contributed by atoms with van der Waals surface area (Å²) < 4.78 is 0. The molecule has 1 aliphatic heterocycles. The normalized spacial score (nSPS) is 25.8. The van der Waals surface area contributed by atoms with Gasteiger partial charge in [-0.3, -0.25) is 9.59 Å². The van der Waals surface area contributed by atoms with E-state index in [-0.39, 0.29) is 11.0 Å². The van der Waals surface area contributed by atoms with Gasteiger partial charge in [0.25, 0.3) is 6.29 Å². The smallest absolute Gasteiger partial charge is 0.273 e. The third-order valence-corrected chi connectivity index (χ3v) is 2.95. The number of hydrogen-bond acceptors (Lipinski definition) is 3. The van der Waals surface area contributed by atoms with Crippen LogP contribution >= 0.6 is 11.8 Å². The molecule has 0 aliphatic carbocycles. The Morgan fingerprint density at radius 1 is 1.50 bits per heavy atom. The fourth-order valence-electron chi connectivity index (χ4n) is 1.01. The summed E-state index contributed by atoms with van der Waals surface area (Å²) in [6, 6.07) is 0. The van der Waals surface area contributed by atoms with Crippen molar-refractivity contribution in [2.45, 2.75) is 24.5 Å². The maximum atomic E-state index is 10.7. The van der Waals surface area contributed by atoms with Crippen molar-refractivity contribution in [1.82, 2.24) is 0 Å². The van der Waals surface area contributed by atoms with Gasteiger partial charge in [0, 0.05) is 0 Å². The van der Waals surface area contributed by atoms with Crippen molar-refractivity contribution in [1.29, 1.82) is 0 Å². The zero-order valence-corrected chi connectivity index (χ0v) is 6.45. The van der Waals surface area contributed by atoms with Gasteiger partial charge in [0.1, 0.15) is 0 Å². The summed E-state index contributed by atoms with van der Waals surface area (Å²) >= 11 is 1.58. The van der Waals surface area contributed by atoms with Gasteiger partial charge in [-0.1, -0.05) is 6.42 Å². The molecule has 0 aromatic rings. The van der Waals surface area contributed by atoms with Crippen molar-refractivity contribution in [2.24, 2.45) is 0 Å². The molecule has 1 saturated heterocycles. The SMILES string of the molecule is O=[C]C(=O)C1CCCCS1. The summed E-state index contributed by atoms with van der Waals surface area (Å²) in [5, 5.41) is -0.0775. The highest BCUT2D eigenvalue weighted by atomic mass is 32.2. The van der Waals surface area contributed by atoms with Crippen LogP contribution in [0.25, 0.3) is 0 Å². The van der Waals surface area contributed by atoms with Crippen LogP contribution in [0.3, 0.4) is 0 Å². The average molecular weight is 157 g/mol. The Balaban J connectivity index is 2.38. The second-order valence-electron chi connectivity index (χ2n) is 2.32. The molecule has 1 rings (SSSR count). The Bertz CT molecular complexity index is 139. The first kappa shape index (κ1) is 7.79. The molecule has 0 saturated carbocycles. The van der Waals surface area contributed by atoms with Gasteiger partial charge in [-0.2, -0.15) is 11.8 Å². The molecule has 10 heavy (non-hydrogen) atoms.